The average Bonchev–Trinajstić information content (AvgIpc) is 3.04. The van der Waals surface area contributed by atoms with E-state index in [-0.39, 0.29) is 16.8 Å². The standard InChI is InChI=1S/C18H20N4O2S/c1-13-3-2-4-14(21-13)9-24-15-7-18(25-10-15)11-22(12-18)17(23)16-8-19-5-6-20-16/h2-6,8,15H,7,9-12H2,1H3/t15-/m1/s1. The van der Waals surface area contributed by atoms with Crippen LogP contribution in [0.2, 0.25) is 0 Å². The Balaban J connectivity index is 1.28. The van der Waals surface area contributed by atoms with E-state index in [9.17, 15) is 4.79 Å². The van der Waals surface area contributed by atoms with Gasteiger partial charge in [-0.25, -0.2) is 4.98 Å². The van der Waals surface area contributed by atoms with Gasteiger partial charge in [-0.2, -0.15) is 0 Å². The Morgan fingerprint density at radius 1 is 1.40 bits per heavy atom. The molecule has 0 N–H and O–H groups in total. The van der Waals surface area contributed by atoms with Gasteiger partial charge in [-0.05, 0) is 25.5 Å². The van der Waals surface area contributed by atoms with Crippen LogP contribution in [0, 0.1) is 6.92 Å². The fraction of sp³-hybridized carbons (Fsp3) is 0.444. The molecular weight excluding hydrogens is 336 g/mol. The van der Waals surface area contributed by atoms with Gasteiger partial charge in [0.05, 0.1) is 29.3 Å². The number of aromatic nitrogens is 3. The number of hydrogen-bond donors (Lipinski definition) is 0. The second-order valence-electron chi connectivity index (χ2n) is 6.65. The lowest BCUT2D eigenvalue weighted by Crippen LogP contribution is -2.60. The predicted molar refractivity (Wildman–Crippen MR) is 95.3 cm³/mol. The van der Waals surface area contributed by atoms with E-state index in [0.29, 0.717) is 12.3 Å². The quantitative estimate of drug-likeness (QED) is 0.836. The molecule has 0 saturated carbocycles. The third-order valence-corrected chi connectivity index (χ3v) is 6.19. The van der Waals surface area contributed by atoms with Crippen molar-refractivity contribution in [3.63, 3.8) is 0 Å². The van der Waals surface area contributed by atoms with E-state index in [4.69, 9.17) is 4.74 Å². The highest BCUT2D eigenvalue weighted by atomic mass is 32.2. The molecule has 6 nitrogen and oxygen atoms in total. The van der Waals surface area contributed by atoms with Gasteiger partial charge < -0.3 is 9.64 Å². The molecule has 1 atom stereocenters. The zero-order valence-electron chi connectivity index (χ0n) is 14.1. The number of likely N-dealkylation sites (tertiary alicyclic amines) is 1. The molecule has 2 aliphatic heterocycles. The van der Waals surface area contributed by atoms with E-state index in [2.05, 4.69) is 15.0 Å². The molecule has 0 aliphatic carbocycles. The van der Waals surface area contributed by atoms with Crippen molar-refractivity contribution in [2.75, 3.05) is 18.8 Å². The average molecular weight is 356 g/mol. The van der Waals surface area contributed by atoms with Crippen LogP contribution in [0.15, 0.2) is 36.8 Å². The lowest BCUT2D eigenvalue weighted by atomic mass is 9.92. The van der Waals surface area contributed by atoms with Gasteiger partial charge in [0.25, 0.3) is 5.91 Å². The van der Waals surface area contributed by atoms with Crippen molar-refractivity contribution >= 4 is 17.7 Å². The Hall–Kier alpha value is -1.99. The van der Waals surface area contributed by atoms with Gasteiger partial charge in [-0.15, -0.1) is 11.8 Å². The van der Waals surface area contributed by atoms with Gasteiger partial charge in [0, 0.05) is 36.9 Å². The number of carbonyl (C=O) groups excluding carboxylic acids is 1. The van der Waals surface area contributed by atoms with Crippen molar-refractivity contribution in [1.29, 1.82) is 0 Å². The number of carbonyl (C=O) groups is 1. The highest BCUT2D eigenvalue weighted by molar-refractivity contribution is 8.01. The largest absolute Gasteiger partial charge is 0.371 e. The second-order valence-corrected chi connectivity index (χ2v) is 8.14. The highest BCUT2D eigenvalue weighted by Crippen LogP contribution is 2.46. The fourth-order valence-corrected chi connectivity index (χ4v) is 4.93. The van der Waals surface area contributed by atoms with Crippen molar-refractivity contribution in [3.8, 4) is 0 Å². The third kappa shape index (κ3) is 3.52. The third-order valence-electron chi connectivity index (χ3n) is 4.62. The summed E-state index contributed by atoms with van der Waals surface area (Å²) in [5, 5.41) is 0. The Morgan fingerprint density at radius 3 is 3.04 bits per heavy atom. The Bertz CT molecular complexity index is 765. The topological polar surface area (TPSA) is 68.2 Å². The molecule has 0 aromatic carbocycles. The summed E-state index contributed by atoms with van der Waals surface area (Å²) in [4.78, 5) is 26.7. The van der Waals surface area contributed by atoms with Crippen molar-refractivity contribution in [1.82, 2.24) is 19.9 Å². The molecule has 2 aliphatic rings. The first-order valence-electron chi connectivity index (χ1n) is 8.37. The van der Waals surface area contributed by atoms with Crippen LogP contribution in [0.25, 0.3) is 0 Å². The minimum absolute atomic E-state index is 0.0346. The van der Waals surface area contributed by atoms with Crippen LogP contribution < -0.4 is 0 Å². The molecule has 2 aromatic rings. The SMILES string of the molecule is Cc1cccc(CO[C@H]2CSC3(C2)CN(C(=O)c2cnccn2)C3)n1. The van der Waals surface area contributed by atoms with Crippen LogP contribution in [0.5, 0.6) is 0 Å². The fourth-order valence-electron chi connectivity index (χ4n) is 3.38. The number of nitrogens with zero attached hydrogens (tertiary/aromatic N) is 4. The van der Waals surface area contributed by atoms with Gasteiger partial charge in [-0.1, -0.05) is 6.07 Å². The summed E-state index contributed by atoms with van der Waals surface area (Å²) in [6.45, 7) is 4.05. The normalized spacial score (nSPS) is 21.3. The molecule has 2 fully saturated rings. The van der Waals surface area contributed by atoms with Crippen LogP contribution in [-0.4, -0.2) is 55.5 Å². The highest BCUT2D eigenvalue weighted by Gasteiger charge is 2.51. The molecule has 130 valence electrons. The minimum Gasteiger partial charge on any atom is -0.371 e. The molecule has 0 radical (unpaired) electrons. The molecule has 1 amide bonds. The van der Waals surface area contributed by atoms with E-state index >= 15 is 0 Å². The lowest BCUT2D eigenvalue weighted by molar-refractivity contribution is 0.0242. The van der Waals surface area contributed by atoms with Gasteiger partial charge in [0.15, 0.2) is 0 Å². The van der Waals surface area contributed by atoms with Crippen molar-refractivity contribution in [3.05, 3.63) is 53.9 Å². The second kappa shape index (κ2) is 6.72. The number of thioether (sulfide) groups is 1. The number of ether oxygens (including phenoxy) is 1. The van der Waals surface area contributed by atoms with Crippen LogP contribution in [0.4, 0.5) is 0 Å². The van der Waals surface area contributed by atoms with E-state index in [1.54, 1.807) is 12.4 Å². The first kappa shape index (κ1) is 16.5. The first-order valence-corrected chi connectivity index (χ1v) is 9.36. The summed E-state index contributed by atoms with van der Waals surface area (Å²) >= 11 is 1.92. The Kier molecular flexibility index (Phi) is 4.43. The molecule has 7 heteroatoms. The van der Waals surface area contributed by atoms with Gasteiger partial charge in [0.1, 0.15) is 5.69 Å². The van der Waals surface area contributed by atoms with Crippen molar-refractivity contribution < 1.29 is 9.53 Å². The molecule has 4 heterocycles. The van der Waals surface area contributed by atoms with Crippen LogP contribution in [0.3, 0.4) is 0 Å². The van der Waals surface area contributed by atoms with E-state index in [1.165, 1.54) is 6.20 Å². The van der Waals surface area contributed by atoms with Gasteiger partial charge >= 0.3 is 0 Å². The minimum atomic E-state index is -0.0346. The summed E-state index contributed by atoms with van der Waals surface area (Å²) in [7, 11) is 0. The lowest BCUT2D eigenvalue weighted by Gasteiger charge is -2.47. The molecule has 2 saturated heterocycles. The summed E-state index contributed by atoms with van der Waals surface area (Å²) in [6, 6.07) is 5.99. The monoisotopic (exact) mass is 356 g/mol. The summed E-state index contributed by atoms with van der Waals surface area (Å²) in [5.74, 6) is 0.937. The number of aryl methyl sites for hydroxylation is 1. The van der Waals surface area contributed by atoms with Crippen LogP contribution in [-0.2, 0) is 11.3 Å². The summed E-state index contributed by atoms with van der Waals surface area (Å²) in [6.07, 6.45) is 5.85. The molecule has 0 unspecified atom stereocenters. The molecule has 25 heavy (non-hydrogen) atoms. The van der Waals surface area contributed by atoms with Crippen LogP contribution >= 0.6 is 11.8 Å². The molecule has 0 bridgehead atoms. The first-order chi connectivity index (χ1) is 12.1. The summed E-state index contributed by atoms with van der Waals surface area (Å²) in [5.41, 5.74) is 2.40. The molecule has 4 rings (SSSR count). The molecular formula is C18H20N4O2S. The number of pyridine rings is 1. The van der Waals surface area contributed by atoms with Crippen molar-refractivity contribution in [2.45, 2.75) is 30.8 Å². The number of hydrogen-bond acceptors (Lipinski definition) is 6. The molecule has 2 aromatic heterocycles. The molecule has 1 spiro atoms. The maximum absolute atomic E-state index is 12.4. The zero-order chi connectivity index (χ0) is 17.3. The van der Waals surface area contributed by atoms with E-state index < -0.39 is 0 Å². The smallest absolute Gasteiger partial charge is 0.274 e. The number of rotatable bonds is 4. The summed E-state index contributed by atoms with van der Waals surface area (Å²) < 4.78 is 6.19. The van der Waals surface area contributed by atoms with E-state index in [1.807, 2.05) is 41.8 Å². The van der Waals surface area contributed by atoms with Crippen molar-refractivity contribution in [2.24, 2.45) is 0 Å². The van der Waals surface area contributed by atoms with E-state index in [0.717, 1.165) is 36.7 Å². The zero-order valence-corrected chi connectivity index (χ0v) is 14.9. The Morgan fingerprint density at radius 2 is 2.28 bits per heavy atom. The van der Waals surface area contributed by atoms with Gasteiger partial charge in [-0.3, -0.25) is 14.8 Å². The number of amides is 1. The maximum atomic E-state index is 12.4. The van der Waals surface area contributed by atoms with Crippen LogP contribution in [0.1, 0.15) is 28.3 Å². The Labute approximate surface area is 151 Å². The maximum Gasteiger partial charge on any atom is 0.274 e. The predicted octanol–water partition coefficient (Wildman–Crippen LogP) is 2.10. The van der Waals surface area contributed by atoms with Gasteiger partial charge in [0.2, 0.25) is 0 Å².